The summed E-state index contributed by atoms with van der Waals surface area (Å²) in [4.78, 5) is 29.6. The molecule has 24 heavy (non-hydrogen) atoms. The van der Waals surface area contributed by atoms with Crippen LogP contribution in [0.25, 0.3) is 0 Å². The summed E-state index contributed by atoms with van der Waals surface area (Å²) in [5.41, 5.74) is -0.352. The Bertz CT molecular complexity index is 578. The average Bonchev–Trinajstić information content (AvgIpc) is 2.42. The minimum absolute atomic E-state index is 0. The summed E-state index contributed by atoms with van der Waals surface area (Å²) in [6.07, 6.45) is 1.25. The first-order valence-electron chi connectivity index (χ1n) is 7.59. The van der Waals surface area contributed by atoms with Crippen molar-refractivity contribution in [3.8, 4) is 0 Å². The van der Waals surface area contributed by atoms with E-state index in [1.54, 1.807) is 20.8 Å². The van der Waals surface area contributed by atoms with Gasteiger partial charge in [-0.05, 0) is 18.8 Å². The number of hydrogen-bond acceptors (Lipinski definition) is 6. The maximum absolute atomic E-state index is 12.5. The molecular formula is C17H25NNaO5. The molecule has 0 saturated carbocycles. The third-order valence-electron chi connectivity index (χ3n) is 3.73. The second kappa shape index (κ2) is 9.39. The maximum Gasteiger partial charge on any atom is 0.316 e. The Morgan fingerprint density at radius 1 is 1.46 bits per heavy atom. The van der Waals surface area contributed by atoms with Gasteiger partial charge < -0.3 is 14.7 Å². The average molecular weight is 346 g/mol. The van der Waals surface area contributed by atoms with Gasteiger partial charge in [-0.2, -0.15) is 0 Å². The molecule has 0 saturated heterocycles. The van der Waals surface area contributed by atoms with Gasteiger partial charge in [0.2, 0.25) is 0 Å². The van der Waals surface area contributed by atoms with Crippen molar-refractivity contribution in [1.82, 2.24) is 0 Å². The zero-order valence-corrected chi connectivity index (χ0v) is 17.4. The van der Waals surface area contributed by atoms with E-state index >= 15 is 0 Å². The van der Waals surface area contributed by atoms with Gasteiger partial charge in [0.05, 0.1) is 18.4 Å². The SMILES string of the molecule is C=C(C)ON=C(CCC)C1=C(O)C(C(=O)OC)C(C)(C)CC1=O.[Na]. The number of aliphatic hydroxyl groups excluding tert-OH is 1. The molecule has 0 aliphatic heterocycles. The van der Waals surface area contributed by atoms with Crippen LogP contribution in [0.15, 0.2) is 28.8 Å². The van der Waals surface area contributed by atoms with Gasteiger partial charge in [0, 0.05) is 36.0 Å². The maximum atomic E-state index is 12.5. The van der Waals surface area contributed by atoms with E-state index < -0.39 is 17.3 Å². The number of allylic oxidation sites excluding steroid dienone is 2. The van der Waals surface area contributed by atoms with E-state index in [-0.39, 0.29) is 53.1 Å². The number of ether oxygens (including phenoxy) is 1. The van der Waals surface area contributed by atoms with Crippen molar-refractivity contribution in [3.05, 3.63) is 23.7 Å². The molecule has 0 aromatic carbocycles. The Labute approximate surface area is 165 Å². The van der Waals surface area contributed by atoms with Crippen molar-refractivity contribution >= 4 is 47.0 Å². The Kier molecular flexibility index (Phi) is 8.96. The molecule has 1 unspecified atom stereocenters. The molecule has 0 heterocycles. The van der Waals surface area contributed by atoms with E-state index in [2.05, 4.69) is 11.7 Å². The molecule has 1 N–H and O–H groups in total. The molecule has 0 amide bonds. The fourth-order valence-corrected chi connectivity index (χ4v) is 2.70. The zero-order valence-electron chi connectivity index (χ0n) is 15.4. The Balaban J connectivity index is 0.00000529. The minimum atomic E-state index is -0.910. The first-order chi connectivity index (χ1) is 10.7. The molecule has 1 radical (unpaired) electrons. The third kappa shape index (κ3) is 5.19. The first-order valence-corrected chi connectivity index (χ1v) is 7.59. The number of esters is 1. The van der Waals surface area contributed by atoms with Crippen molar-refractivity contribution < 1.29 is 24.3 Å². The van der Waals surface area contributed by atoms with Gasteiger partial charge in [-0.1, -0.05) is 38.9 Å². The summed E-state index contributed by atoms with van der Waals surface area (Å²) >= 11 is 0. The molecule has 0 bridgehead atoms. The van der Waals surface area contributed by atoms with Crippen LogP contribution < -0.4 is 0 Å². The number of ketones is 1. The number of hydrogen-bond donors (Lipinski definition) is 1. The van der Waals surface area contributed by atoms with E-state index in [0.29, 0.717) is 24.3 Å². The fourth-order valence-electron chi connectivity index (χ4n) is 2.70. The molecule has 129 valence electrons. The van der Waals surface area contributed by atoms with Crippen molar-refractivity contribution in [2.24, 2.45) is 16.5 Å². The van der Waals surface area contributed by atoms with Crippen LogP contribution in [-0.4, -0.2) is 59.2 Å². The van der Waals surface area contributed by atoms with Gasteiger partial charge in [0.15, 0.2) is 5.78 Å². The minimum Gasteiger partial charge on any atom is -0.511 e. The molecule has 1 aliphatic rings. The first kappa shape index (κ1) is 22.9. The number of aliphatic hydroxyl groups is 1. The van der Waals surface area contributed by atoms with Gasteiger partial charge in [0.25, 0.3) is 0 Å². The summed E-state index contributed by atoms with van der Waals surface area (Å²) < 4.78 is 4.79. The monoisotopic (exact) mass is 346 g/mol. The van der Waals surface area contributed by atoms with E-state index in [1.807, 2.05) is 6.92 Å². The van der Waals surface area contributed by atoms with E-state index in [4.69, 9.17) is 9.57 Å². The quantitative estimate of drug-likeness (QED) is 0.263. The molecule has 6 nitrogen and oxygen atoms in total. The Hall–Kier alpha value is -1.11. The number of oxime groups is 1. The zero-order chi connectivity index (χ0) is 17.8. The number of Topliss-reactive ketones (excluding diaryl/α,β-unsaturated/α-hetero) is 1. The topological polar surface area (TPSA) is 85.2 Å². The van der Waals surface area contributed by atoms with Gasteiger partial charge in [0.1, 0.15) is 17.4 Å². The fraction of sp³-hybridized carbons (Fsp3) is 0.588. The van der Waals surface area contributed by atoms with Crippen LogP contribution in [0.1, 0.15) is 47.0 Å². The second-order valence-electron chi connectivity index (χ2n) is 6.39. The van der Waals surface area contributed by atoms with Crippen LogP contribution in [-0.2, 0) is 19.2 Å². The van der Waals surface area contributed by atoms with Crippen LogP contribution in [0.3, 0.4) is 0 Å². The number of rotatable bonds is 6. The molecule has 0 spiro atoms. The van der Waals surface area contributed by atoms with Crippen molar-refractivity contribution in [3.63, 3.8) is 0 Å². The normalized spacial score (nSPS) is 20.3. The molecule has 1 rings (SSSR count). The molecule has 1 atom stereocenters. The smallest absolute Gasteiger partial charge is 0.316 e. The molecule has 1 aliphatic carbocycles. The predicted octanol–water partition coefficient (Wildman–Crippen LogP) is 2.91. The molecule has 0 aromatic rings. The summed E-state index contributed by atoms with van der Waals surface area (Å²) in [5.74, 6) is -1.67. The summed E-state index contributed by atoms with van der Waals surface area (Å²) in [6.45, 7) is 10.6. The van der Waals surface area contributed by atoms with Crippen LogP contribution in [0.5, 0.6) is 0 Å². The third-order valence-corrected chi connectivity index (χ3v) is 3.73. The Morgan fingerprint density at radius 3 is 2.50 bits per heavy atom. The molecule has 0 fully saturated rings. The van der Waals surface area contributed by atoms with Gasteiger partial charge >= 0.3 is 5.97 Å². The van der Waals surface area contributed by atoms with E-state index in [0.717, 1.165) is 0 Å². The van der Waals surface area contributed by atoms with Gasteiger partial charge in [-0.15, -0.1) is 0 Å². The Morgan fingerprint density at radius 2 is 2.04 bits per heavy atom. The number of carbonyl (C=O) groups is 2. The van der Waals surface area contributed by atoms with Crippen LogP contribution >= 0.6 is 0 Å². The summed E-state index contributed by atoms with van der Waals surface area (Å²) in [7, 11) is 1.26. The number of carbonyl (C=O) groups excluding carboxylic acids is 2. The number of methoxy groups -OCH3 is 1. The molecule has 0 aromatic heterocycles. The molecular weight excluding hydrogens is 321 g/mol. The van der Waals surface area contributed by atoms with Crippen LogP contribution in [0.4, 0.5) is 0 Å². The van der Waals surface area contributed by atoms with Crippen molar-refractivity contribution in [2.45, 2.75) is 47.0 Å². The van der Waals surface area contributed by atoms with Crippen LogP contribution in [0, 0.1) is 11.3 Å². The summed E-state index contributed by atoms with van der Waals surface area (Å²) in [6, 6.07) is 0. The standard InChI is InChI=1S/C17H25NO5.Na/c1-7-8-11(18-23-10(2)3)13-12(19)9-17(4,5)14(15(13)20)16(21)22-6;/h14,20H,2,7-9H2,1,3-6H3;. The number of nitrogens with zero attached hydrogens (tertiary/aromatic N) is 1. The van der Waals surface area contributed by atoms with E-state index in [1.165, 1.54) is 7.11 Å². The largest absolute Gasteiger partial charge is 0.511 e. The van der Waals surface area contributed by atoms with E-state index in [9.17, 15) is 14.7 Å². The predicted molar refractivity (Wildman–Crippen MR) is 92.6 cm³/mol. The second-order valence-corrected chi connectivity index (χ2v) is 6.39. The van der Waals surface area contributed by atoms with Crippen molar-refractivity contribution in [1.29, 1.82) is 0 Å². The summed E-state index contributed by atoms with van der Waals surface area (Å²) in [5, 5.41) is 14.5. The van der Waals surface area contributed by atoms with Gasteiger partial charge in [-0.3, -0.25) is 9.59 Å². The van der Waals surface area contributed by atoms with Crippen molar-refractivity contribution in [2.75, 3.05) is 7.11 Å². The van der Waals surface area contributed by atoms with Gasteiger partial charge in [-0.25, -0.2) is 0 Å². The van der Waals surface area contributed by atoms with Crippen LogP contribution in [0.2, 0.25) is 0 Å². The molecule has 7 heteroatoms.